The molecule has 2 unspecified atom stereocenters. The van der Waals surface area contributed by atoms with Crippen LogP contribution in [-0.4, -0.2) is 84.8 Å². The summed E-state index contributed by atoms with van der Waals surface area (Å²) in [6.45, 7) is 7.60. The summed E-state index contributed by atoms with van der Waals surface area (Å²) in [6, 6.07) is 12.1. The van der Waals surface area contributed by atoms with Gasteiger partial charge in [-0.05, 0) is 86.1 Å². The number of benzene rings is 2. The van der Waals surface area contributed by atoms with Gasteiger partial charge in [0, 0.05) is 45.5 Å². The van der Waals surface area contributed by atoms with Crippen LogP contribution in [0.5, 0.6) is 0 Å². The average molecular weight is 567 g/mol. The lowest BCUT2D eigenvalue weighted by Crippen LogP contribution is -2.36. The lowest BCUT2D eigenvalue weighted by Gasteiger charge is -2.18. The van der Waals surface area contributed by atoms with Gasteiger partial charge in [0.05, 0.1) is 0 Å². The molecule has 3 fully saturated rings. The largest absolute Gasteiger partial charge is 0.383 e. The van der Waals surface area contributed by atoms with Gasteiger partial charge in [0.25, 0.3) is 5.91 Å². The summed E-state index contributed by atoms with van der Waals surface area (Å²) >= 11 is 1.44. The molecule has 0 aromatic heterocycles. The molecule has 2 aliphatic heterocycles. The number of fused-ring (bicyclic) bond motifs is 1. The minimum atomic E-state index is -0.697. The molecule has 0 bridgehead atoms. The summed E-state index contributed by atoms with van der Waals surface area (Å²) in [5.41, 5.74) is 2.23. The third kappa shape index (κ3) is 6.91. The van der Waals surface area contributed by atoms with Crippen LogP contribution in [-0.2, 0) is 9.59 Å². The van der Waals surface area contributed by atoms with Crippen molar-refractivity contribution < 1.29 is 14.7 Å². The molecule has 1 saturated carbocycles. The molecule has 3 aliphatic rings. The SMILES string of the molecule is CCN1C(=O)C(CNc2ccc3cc(C(O)NCCN4CCCC4)ccc3c2)S/C1=C(/NC)C(=O)NCC1CC1. The lowest BCUT2D eigenvalue weighted by atomic mass is 10.1. The first-order valence-corrected chi connectivity index (χ1v) is 15.4. The molecule has 2 amide bonds. The second-order valence-electron chi connectivity index (χ2n) is 10.9. The number of hydrogen-bond donors (Lipinski definition) is 5. The zero-order valence-corrected chi connectivity index (χ0v) is 24.4. The molecule has 1 aliphatic carbocycles. The zero-order valence-electron chi connectivity index (χ0n) is 23.5. The van der Waals surface area contributed by atoms with Crippen LogP contribution >= 0.6 is 11.8 Å². The maximum atomic E-state index is 13.2. The van der Waals surface area contributed by atoms with E-state index in [1.165, 1.54) is 37.4 Å². The molecule has 0 radical (unpaired) electrons. The summed E-state index contributed by atoms with van der Waals surface area (Å²) < 4.78 is 0. The van der Waals surface area contributed by atoms with Crippen molar-refractivity contribution in [2.75, 3.05) is 58.2 Å². The first-order chi connectivity index (χ1) is 19.5. The molecule has 40 heavy (non-hydrogen) atoms. The third-order valence-corrected chi connectivity index (χ3v) is 9.23. The standard InChI is InChI=1S/C30H42N6O3S/c1-3-36-29(39)25(40-30(36)26(31-2)28(38)34-18-20-6-7-20)19-33-24-11-10-21-16-23(9-8-22(21)17-24)27(37)32-12-15-35-13-4-5-14-35/h8-11,16-17,20,25,27,31-33,37H,3-7,12-15,18-19H2,1-2H3,(H,34,38)/b30-26+. The average Bonchev–Trinajstić information content (AvgIpc) is 3.55. The molecule has 0 spiro atoms. The van der Waals surface area contributed by atoms with Crippen LogP contribution in [0.4, 0.5) is 5.69 Å². The monoisotopic (exact) mass is 566 g/mol. The van der Waals surface area contributed by atoms with Crippen molar-refractivity contribution in [3.8, 4) is 0 Å². The maximum absolute atomic E-state index is 13.2. The Hall–Kier alpha value is -2.79. The highest BCUT2D eigenvalue weighted by molar-refractivity contribution is 8.04. The highest BCUT2D eigenvalue weighted by Gasteiger charge is 2.38. The van der Waals surface area contributed by atoms with Gasteiger partial charge < -0.3 is 30.9 Å². The quantitative estimate of drug-likeness (QED) is 0.186. The number of carbonyl (C=O) groups excluding carboxylic acids is 2. The van der Waals surface area contributed by atoms with E-state index in [-0.39, 0.29) is 17.1 Å². The number of aliphatic hydroxyl groups excluding tert-OH is 1. The molecule has 2 aromatic carbocycles. The van der Waals surface area contributed by atoms with Crippen LogP contribution in [0, 0.1) is 5.92 Å². The van der Waals surface area contributed by atoms with Crippen LogP contribution in [0.15, 0.2) is 47.1 Å². The predicted molar refractivity (Wildman–Crippen MR) is 162 cm³/mol. The summed E-state index contributed by atoms with van der Waals surface area (Å²) in [4.78, 5) is 30.1. The molecule has 5 N–H and O–H groups in total. The number of thioether (sulfide) groups is 1. The Bertz CT molecular complexity index is 1240. The molecular formula is C30H42N6O3S. The molecule has 2 atom stereocenters. The van der Waals surface area contributed by atoms with Crippen molar-refractivity contribution >= 4 is 40.0 Å². The fraction of sp³-hybridized carbons (Fsp3) is 0.533. The Labute approximate surface area is 241 Å². The van der Waals surface area contributed by atoms with Crippen LogP contribution in [0.25, 0.3) is 10.8 Å². The van der Waals surface area contributed by atoms with E-state index in [9.17, 15) is 14.7 Å². The molecule has 2 aromatic rings. The summed E-state index contributed by atoms with van der Waals surface area (Å²) in [6.07, 6.45) is 4.18. The predicted octanol–water partition coefficient (Wildman–Crippen LogP) is 2.81. The maximum Gasteiger partial charge on any atom is 0.270 e. The number of aliphatic hydroxyl groups is 1. The van der Waals surface area contributed by atoms with Gasteiger partial charge in [-0.25, -0.2) is 0 Å². The fourth-order valence-corrected chi connectivity index (χ4v) is 6.67. The lowest BCUT2D eigenvalue weighted by molar-refractivity contribution is -0.127. The number of hydrogen-bond acceptors (Lipinski definition) is 8. The van der Waals surface area contributed by atoms with Crippen molar-refractivity contribution in [1.29, 1.82) is 0 Å². The van der Waals surface area contributed by atoms with E-state index in [0.717, 1.165) is 48.2 Å². The van der Waals surface area contributed by atoms with Gasteiger partial charge in [0.15, 0.2) is 0 Å². The summed E-state index contributed by atoms with van der Waals surface area (Å²) in [7, 11) is 1.73. The Kier molecular flexibility index (Phi) is 9.52. The smallest absolute Gasteiger partial charge is 0.270 e. The van der Waals surface area contributed by atoms with Crippen LogP contribution in [0.3, 0.4) is 0 Å². The van der Waals surface area contributed by atoms with Gasteiger partial charge in [-0.15, -0.1) is 0 Å². The van der Waals surface area contributed by atoms with Crippen LogP contribution < -0.4 is 21.3 Å². The number of nitrogens with one attached hydrogen (secondary N) is 4. The molecule has 2 saturated heterocycles. The van der Waals surface area contributed by atoms with Crippen molar-refractivity contribution in [1.82, 2.24) is 25.8 Å². The van der Waals surface area contributed by atoms with Gasteiger partial charge in [0.1, 0.15) is 22.2 Å². The van der Waals surface area contributed by atoms with Crippen molar-refractivity contribution in [2.45, 2.75) is 44.1 Å². The minimum Gasteiger partial charge on any atom is -0.383 e. The molecule has 5 rings (SSSR count). The van der Waals surface area contributed by atoms with Gasteiger partial charge in [0.2, 0.25) is 5.91 Å². The summed E-state index contributed by atoms with van der Waals surface area (Å²) in [5.74, 6) is 0.441. The Morgan fingerprint density at radius 2 is 1.85 bits per heavy atom. The van der Waals surface area contributed by atoms with Crippen molar-refractivity contribution in [3.63, 3.8) is 0 Å². The molecule has 10 heteroatoms. The molecule has 216 valence electrons. The van der Waals surface area contributed by atoms with Gasteiger partial charge in [-0.2, -0.15) is 0 Å². The van der Waals surface area contributed by atoms with E-state index in [1.807, 2.05) is 37.3 Å². The van der Waals surface area contributed by atoms with Crippen molar-refractivity contribution in [3.05, 3.63) is 52.7 Å². The van der Waals surface area contributed by atoms with E-state index < -0.39 is 6.23 Å². The number of amides is 2. The van der Waals surface area contributed by atoms with Crippen LogP contribution in [0.1, 0.15) is 44.4 Å². The van der Waals surface area contributed by atoms with E-state index in [4.69, 9.17) is 0 Å². The second kappa shape index (κ2) is 13.2. The zero-order chi connectivity index (χ0) is 28.1. The number of likely N-dealkylation sites (tertiary alicyclic amines) is 1. The van der Waals surface area contributed by atoms with Gasteiger partial charge in [-0.3, -0.25) is 14.9 Å². The number of rotatable bonds is 13. The first-order valence-electron chi connectivity index (χ1n) is 14.6. The van der Waals surface area contributed by atoms with E-state index in [2.05, 4.69) is 32.2 Å². The second-order valence-corrected chi connectivity index (χ2v) is 12.1. The molecule has 9 nitrogen and oxygen atoms in total. The van der Waals surface area contributed by atoms with Crippen LogP contribution in [0.2, 0.25) is 0 Å². The minimum absolute atomic E-state index is 0.00870. The molecular weight excluding hydrogens is 524 g/mol. The normalized spacial score (nSPS) is 21.6. The van der Waals surface area contributed by atoms with Crippen molar-refractivity contribution in [2.24, 2.45) is 5.92 Å². The number of nitrogens with zero attached hydrogens (tertiary/aromatic N) is 2. The Morgan fingerprint density at radius 1 is 1.10 bits per heavy atom. The fourth-order valence-electron chi connectivity index (χ4n) is 5.35. The first kappa shape index (κ1) is 28.7. The van der Waals surface area contributed by atoms with Gasteiger partial charge >= 0.3 is 0 Å². The highest BCUT2D eigenvalue weighted by Crippen LogP contribution is 2.37. The highest BCUT2D eigenvalue weighted by atomic mass is 32.2. The van der Waals surface area contributed by atoms with E-state index in [0.29, 0.717) is 36.3 Å². The van der Waals surface area contributed by atoms with E-state index in [1.54, 1.807) is 11.9 Å². The topological polar surface area (TPSA) is 109 Å². The summed E-state index contributed by atoms with van der Waals surface area (Å²) in [5, 5.41) is 25.8. The number of anilines is 1. The number of likely N-dealkylation sites (N-methyl/N-ethyl adjacent to an activating group) is 1. The van der Waals surface area contributed by atoms with E-state index >= 15 is 0 Å². The Morgan fingerprint density at radius 3 is 2.58 bits per heavy atom. The number of carbonyl (C=O) groups is 2. The Balaban J connectivity index is 1.18. The molecule has 2 heterocycles. The third-order valence-electron chi connectivity index (χ3n) is 7.93. The van der Waals surface area contributed by atoms with Gasteiger partial charge in [-0.1, -0.05) is 30.0 Å².